The Labute approximate surface area is 105 Å². The van der Waals surface area contributed by atoms with Gasteiger partial charge in [0.2, 0.25) is 5.91 Å². The van der Waals surface area contributed by atoms with Gasteiger partial charge in [-0.05, 0) is 18.3 Å². The van der Waals surface area contributed by atoms with Gasteiger partial charge in [0.25, 0.3) is 0 Å². The largest absolute Gasteiger partial charge is 0.385 e. The lowest BCUT2D eigenvalue weighted by Crippen LogP contribution is -2.44. The molecule has 3 N–H and O–H groups in total. The first-order valence-electron chi connectivity index (χ1n) is 6.45. The lowest BCUT2D eigenvalue weighted by atomic mass is 9.89. The number of methoxy groups -OCH3 is 1. The summed E-state index contributed by atoms with van der Waals surface area (Å²) in [4.78, 5) is 11.7. The van der Waals surface area contributed by atoms with Crippen molar-refractivity contribution in [2.75, 3.05) is 20.3 Å². The fourth-order valence-electron chi connectivity index (χ4n) is 1.48. The van der Waals surface area contributed by atoms with Crippen LogP contribution in [0.15, 0.2) is 0 Å². The number of ether oxygens (including phenoxy) is 1. The number of unbranched alkanes of at least 4 members (excludes halogenated alkanes) is 1. The lowest BCUT2D eigenvalue weighted by Gasteiger charge is -2.25. The molecule has 4 nitrogen and oxygen atoms in total. The van der Waals surface area contributed by atoms with Crippen LogP contribution in [0.5, 0.6) is 0 Å². The summed E-state index contributed by atoms with van der Waals surface area (Å²) in [6, 6.07) is -0.367. The highest BCUT2D eigenvalue weighted by atomic mass is 16.5. The molecule has 0 rings (SSSR count). The van der Waals surface area contributed by atoms with Crippen LogP contribution in [0.2, 0.25) is 0 Å². The number of nitrogens with two attached hydrogens (primary N) is 1. The minimum absolute atomic E-state index is 0.0380. The number of carbonyl (C=O) groups is 1. The maximum Gasteiger partial charge on any atom is 0.236 e. The molecule has 0 spiro atoms. The number of carbonyl (C=O) groups excluding carboxylic acids is 1. The Bertz CT molecular complexity index is 217. The van der Waals surface area contributed by atoms with Gasteiger partial charge in [0.15, 0.2) is 0 Å². The Morgan fingerprint density at radius 3 is 2.65 bits per heavy atom. The van der Waals surface area contributed by atoms with Crippen LogP contribution in [0.25, 0.3) is 0 Å². The molecule has 1 atom stereocenters. The zero-order chi connectivity index (χ0) is 13.3. The molecule has 0 aromatic carbocycles. The number of rotatable bonds is 9. The molecule has 0 aliphatic carbocycles. The second kappa shape index (κ2) is 8.48. The summed E-state index contributed by atoms with van der Waals surface area (Å²) in [6.45, 7) is 7.69. The molecule has 0 aliphatic heterocycles. The Hall–Kier alpha value is -0.610. The van der Waals surface area contributed by atoms with Gasteiger partial charge in [-0.3, -0.25) is 4.79 Å². The summed E-state index contributed by atoms with van der Waals surface area (Å²) in [5, 5.41) is 2.92. The summed E-state index contributed by atoms with van der Waals surface area (Å²) in [5.41, 5.74) is 5.85. The number of nitrogens with one attached hydrogen (secondary N) is 1. The summed E-state index contributed by atoms with van der Waals surface area (Å²) in [6.07, 6.45) is 3.76. The van der Waals surface area contributed by atoms with Gasteiger partial charge < -0.3 is 15.8 Å². The first kappa shape index (κ1) is 16.4. The smallest absolute Gasteiger partial charge is 0.236 e. The van der Waals surface area contributed by atoms with E-state index in [1.807, 2.05) is 0 Å². The summed E-state index contributed by atoms with van der Waals surface area (Å²) in [5.74, 6) is -0.0380. The minimum Gasteiger partial charge on any atom is -0.385 e. The fraction of sp³-hybridized carbons (Fsp3) is 0.923. The minimum atomic E-state index is -0.367. The molecule has 0 saturated heterocycles. The van der Waals surface area contributed by atoms with Crippen molar-refractivity contribution in [3.63, 3.8) is 0 Å². The second-order valence-corrected chi connectivity index (χ2v) is 5.37. The first-order chi connectivity index (χ1) is 7.93. The zero-order valence-corrected chi connectivity index (χ0v) is 11.7. The highest BCUT2D eigenvalue weighted by molar-refractivity contribution is 5.81. The van der Waals surface area contributed by atoms with Gasteiger partial charge in [0.05, 0.1) is 6.04 Å². The molecule has 0 heterocycles. The third-order valence-electron chi connectivity index (χ3n) is 2.93. The third-order valence-corrected chi connectivity index (χ3v) is 2.93. The molecular formula is C13H28N2O2. The molecule has 0 bridgehead atoms. The maximum absolute atomic E-state index is 11.7. The third kappa shape index (κ3) is 8.16. The van der Waals surface area contributed by atoms with E-state index >= 15 is 0 Å². The van der Waals surface area contributed by atoms with Crippen molar-refractivity contribution in [2.24, 2.45) is 11.1 Å². The van der Waals surface area contributed by atoms with Crippen LogP contribution in [0.4, 0.5) is 0 Å². The van der Waals surface area contributed by atoms with Crippen LogP contribution in [0.3, 0.4) is 0 Å². The topological polar surface area (TPSA) is 64.4 Å². The lowest BCUT2D eigenvalue weighted by molar-refractivity contribution is -0.123. The predicted molar refractivity (Wildman–Crippen MR) is 70.8 cm³/mol. The standard InChI is InChI=1S/C13H28N2O2/c1-5-6-7-11(14)12(16)15-10-13(2,3)8-9-17-4/h11H,5-10,14H2,1-4H3,(H,15,16). The van der Waals surface area contributed by atoms with Gasteiger partial charge in [-0.15, -0.1) is 0 Å². The number of hydrogen-bond acceptors (Lipinski definition) is 3. The Morgan fingerprint density at radius 2 is 2.12 bits per heavy atom. The van der Waals surface area contributed by atoms with Crippen LogP contribution >= 0.6 is 0 Å². The molecule has 0 aliphatic rings. The normalized spacial score (nSPS) is 13.5. The second-order valence-electron chi connectivity index (χ2n) is 5.37. The van der Waals surface area contributed by atoms with Crippen molar-refractivity contribution >= 4 is 5.91 Å². The Balaban J connectivity index is 3.88. The van der Waals surface area contributed by atoms with Gasteiger partial charge in [0.1, 0.15) is 0 Å². The van der Waals surface area contributed by atoms with Crippen LogP contribution < -0.4 is 11.1 Å². The fourth-order valence-corrected chi connectivity index (χ4v) is 1.48. The molecule has 0 aromatic rings. The van der Waals surface area contributed by atoms with Crippen LogP contribution in [0.1, 0.15) is 46.5 Å². The van der Waals surface area contributed by atoms with E-state index in [-0.39, 0.29) is 17.4 Å². The molecule has 1 amide bonds. The van der Waals surface area contributed by atoms with E-state index in [0.717, 1.165) is 25.7 Å². The van der Waals surface area contributed by atoms with Crippen molar-refractivity contribution in [1.82, 2.24) is 5.32 Å². The number of amides is 1. The van der Waals surface area contributed by atoms with E-state index < -0.39 is 0 Å². The van der Waals surface area contributed by atoms with Gasteiger partial charge in [-0.2, -0.15) is 0 Å². The highest BCUT2D eigenvalue weighted by Gasteiger charge is 2.20. The molecule has 0 aromatic heterocycles. The van der Waals surface area contributed by atoms with Crippen molar-refractivity contribution in [3.05, 3.63) is 0 Å². The summed E-state index contributed by atoms with van der Waals surface area (Å²) in [7, 11) is 1.69. The van der Waals surface area contributed by atoms with Crippen molar-refractivity contribution < 1.29 is 9.53 Å². The molecule has 0 fully saturated rings. The van der Waals surface area contributed by atoms with Crippen molar-refractivity contribution in [3.8, 4) is 0 Å². The molecule has 1 unspecified atom stereocenters. The highest BCUT2D eigenvalue weighted by Crippen LogP contribution is 2.18. The molecule has 4 heteroatoms. The molecule has 102 valence electrons. The SMILES string of the molecule is CCCCC(N)C(=O)NCC(C)(C)CCOC. The van der Waals surface area contributed by atoms with Crippen molar-refractivity contribution in [2.45, 2.75) is 52.5 Å². The Morgan fingerprint density at radius 1 is 1.47 bits per heavy atom. The molecule has 17 heavy (non-hydrogen) atoms. The van der Waals surface area contributed by atoms with Crippen LogP contribution in [0, 0.1) is 5.41 Å². The van der Waals surface area contributed by atoms with Gasteiger partial charge in [-0.25, -0.2) is 0 Å². The monoisotopic (exact) mass is 244 g/mol. The predicted octanol–water partition coefficient (Wildman–Crippen LogP) is 1.68. The van der Waals surface area contributed by atoms with E-state index in [1.54, 1.807) is 7.11 Å². The van der Waals surface area contributed by atoms with Crippen LogP contribution in [-0.2, 0) is 9.53 Å². The van der Waals surface area contributed by atoms with E-state index in [1.165, 1.54) is 0 Å². The van der Waals surface area contributed by atoms with E-state index in [4.69, 9.17) is 10.5 Å². The summed E-state index contributed by atoms with van der Waals surface area (Å²) < 4.78 is 5.05. The average molecular weight is 244 g/mol. The zero-order valence-electron chi connectivity index (χ0n) is 11.7. The average Bonchev–Trinajstić information content (AvgIpc) is 2.30. The van der Waals surface area contributed by atoms with Crippen molar-refractivity contribution in [1.29, 1.82) is 0 Å². The molecule has 0 saturated carbocycles. The van der Waals surface area contributed by atoms with Crippen LogP contribution in [-0.4, -0.2) is 32.2 Å². The van der Waals surface area contributed by atoms with E-state index in [2.05, 4.69) is 26.1 Å². The van der Waals surface area contributed by atoms with Gasteiger partial charge in [0, 0.05) is 20.3 Å². The number of hydrogen-bond donors (Lipinski definition) is 2. The van der Waals surface area contributed by atoms with Gasteiger partial charge >= 0.3 is 0 Å². The molecule has 0 radical (unpaired) electrons. The first-order valence-corrected chi connectivity index (χ1v) is 6.45. The summed E-state index contributed by atoms with van der Waals surface area (Å²) >= 11 is 0. The molecular weight excluding hydrogens is 216 g/mol. The van der Waals surface area contributed by atoms with E-state index in [9.17, 15) is 4.79 Å². The quantitative estimate of drug-likeness (QED) is 0.648. The Kier molecular flexibility index (Phi) is 8.17. The van der Waals surface area contributed by atoms with Gasteiger partial charge in [-0.1, -0.05) is 33.6 Å². The maximum atomic E-state index is 11.7. The van der Waals surface area contributed by atoms with E-state index in [0.29, 0.717) is 13.2 Å².